The molecule has 164 valence electrons. The molecule has 0 radical (unpaired) electrons. The van der Waals surface area contributed by atoms with Gasteiger partial charge in [0.2, 0.25) is 5.91 Å². The zero-order chi connectivity index (χ0) is 23.0. The van der Waals surface area contributed by atoms with E-state index >= 15 is 0 Å². The minimum Gasteiger partial charge on any atom is -0.326 e. The number of fused-ring (bicyclic) bond motifs is 1. The van der Waals surface area contributed by atoms with Crippen molar-refractivity contribution in [3.8, 4) is 22.4 Å². The van der Waals surface area contributed by atoms with Gasteiger partial charge in [0.05, 0.1) is 11.3 Å². The molecule has 0 spiro atoms. The molecule has 32 heavy (non-hydrogen) atoms. The van der Waals surface area contributed by atoms with Crippen LogP contribution in [0.2, 0.25) is 5.02 Å². The van der Waals surface area contributed by atoms with Gasteiger partial charge in [0.25, 0.3) is 5.56 Å². The Morgan fingerprint density at radius 2 is 1.72 bits per heavy atom. The van der Waals surface area contributed by atoms with Crippen molar-refractivity contribution in [3.63, 3.8) is 0 Å². The summed E-state index contributed by atoms with van der Waals surface area (Å²) in [5, 5.41) is 5.20. The molecule has 0 aliphatic heterocycles. The maximum atomic E-state index is 13.7. The number of nitrogens with one attached hydrogen (secondary N) is 2. The normalized spacial score (nSPS) is 11.7. The van der Waals surface area contributed by atoms with E-state index in [2.05, 4.69) is 15.4 Å². The Morgan fingerprint density at radius 1 is 1.09 bits per heavy atom. The van der Waals surface area contributed by atoms with Crippen LogP contribution in [0.4, 0.5) is 18.9 Å². The lowest BCUT2D eigenvalue weighted by Gasteiger charge is -2.08. The zero-order valence-electron chi connectivity index (χ0n) is 16.6. The molecule has 2 aromatic heterocycles. The molecule has 0 bridgehead atoms. The average molecular weight is 461 g/mol. The number of amides is 1. The van der Waals surface area contributed by atoms with E-state index in [1.54, 1.807) is 31.2 Å². The van der Waals surface area contributed by atoms with Gasteiger partial charge in [-0.05, 0) is 29.8 Å². The van der Waals surface area contributed by atoms with Crippen LogP contribution in [0.1, 0.15) is 19.0 Å². The van der Waals surface area contributed by atoms with Gasteiger partial charge in [0.1, 0.15) is 5.69 Å². The van der Waals surface area contributed by atoms with Crippen LogP contribution >= 0.6 is 11.6 Å². The lowest BCUT2D eigenvalue weighted by molar-refractivity contribution is -0.140. The van der Waals surface area contributed by atoms with E-state index in [1.807, 2.05) is 0 Å². The maximum Gasteiger partial charge on any atom is 0.433 e. The molecule has 0 unspecified atom stereocenters. The summed E-state index contributed by atoms with van der Waals surface area (Å²) < 4.78 is 42.0. The standard InChI is InChI=1S/C22H16ClF3N4O2/c1-2-17(31)27-15-9-5-12(6-10-15)16-11-18(32)30-21(28-16)19(20(29-30)22(24,25)26)13-3-7-14(23)8-4-13/h3-11,29H,2H2,1H3,(H,27,31). The van der Waals surface area contributed by atoms with E-state index < -0.39 is 17.4 Å². The number of halogens is 4. The first-order valence-electron chi connectivity index (χ1n) is 9.56. The van der Waals surface area contributed by atoms with E-state index in [0.717, 1.165) is 10.6 Å². The van der Waals surface area contributed by atoms with Crippen molar-refractivity contribution in [2.24, 2.45) is 0 Å². The Kier molecular flexibility index (Phi) is 5.52. The lowest BCUT2D eigenvalue weighted by atomic mass is 10.1. The Bertz CT molecular complexity index is 1360. The quantitative estimate of drug-likeness (QED) is 0.429. The molecule has 1 amide bonds. The molecule has 4 aromatic rings. The van der Waals surface area contributed by atoms with E-state index in [0.29, 0.717) is 22.7 Å². The first-order chi connectivity index (χ1) is 15.2. The molecule has 2 heterocycles. The Hall–Kier alpha value is -3.59. The third-order valence-corrected chi connectivity index (χ3v) is 5.07. The summed E-state index contributed by atoms with van der Waals surface area (Å²) in [6, 6.07) is 13.5. The number of hydrogen-bond donors (Lipinski definition) is 2. The van der Waals surface area contributed by atoms with Crippen molar-refractivity contribution < 1.29 is 18.0 Å². The van der Waals surface area contributed by atoms with Gasteiger partial charge < -0.3 is 5.32 Å². The SMILES string of the molecule is CCC(=O)Nc1ccc(-c2cc(=O)n3[nH]c(C(F)(F)F)c(-c4ccc(Cl)cc4)c3n2)cc1. The van der Waals surface area contributed by atoms with Crippen molar-refractivity contribution in [2.75, 3.05) is 5.32 Å². The van der Waals surface area contributed by atoms with Crippen LogP contribution in [0.15, 0.2) is 59.4 Å². The number of aromatic amines is 1. The largest absolute Gasteiger partial charge is 0.433 e. The molecular weight excluding hydrogens is 445 g/mol. The maximum absolute atomic E-state index is 13.7. The van der Waals surface area contributed by atoms with Crippen molar-refractivity contribution in [1.29, 1.82) is 0 Å². The highest BCUT2D eigenvalue weighted by atomic mass is 35.5. The Labute approximate surface area is 184 Å². The van der Waals surface area contributed by atoms with Crippen LogP contribution in [-0.2, 0) is 11.0 Å². The smallest absolute Gasteiger partial charge is 0.326 e. The number of hydrogen-bond acceptors (Lipinski definition) is 3. The second-order valence-electron chi connectivity index (χ2n) is 6.98. The van der Waals surface area contributed by atoms with Crippen LogP contribution < -0.4 is 10.9 Å². The van der Waals surface area contributed by atoms with Crippen molar-refractivity contribution in [2.45, 2.75) is 19.5 Å². The fourth-order valence-corrected chi connectivity index (χ4v) is 3.38. The number of benzene rings is 2. The second-order valence-corrected chi connectivity index (χ2v) is 7.42. The van der Waals surface area contributed by atoms with Gasteiger partial charge >= 0.3 is 6.18 Å². The third-order valence-electron chi connectivity index (χ3n) is 4.82. The Morgan fingerprint density at radius 3 is 2.31 bits per heavy atom. The number of carbonyl (C=O) groups excluding carboxylic acids is 1. The highest BCUT2D eigenvalue weighted by Gasteiger charge is 2.38. The third kappa shape index (κ3) is 4.11. The molecule has 2 aromatic carbocycles. The predicted octanol–water partition coefficient (Wildman–Crippen LogP) is 5.38. The van der Waals surface area contributed by atoms with E-state index in [9.17, 15) is 22.8 Å². The van der Waals surface area contributed by atoms with Gasteiger partial charge in [-0.1, -0.05) is 42.8 Å². The Balaban J connectivity index is 1.89. The average Bonchev–Trinajstić information content (AvgIpc) is 3.15. The fraction of sp³-hybridized carbons (Fsp3) is 0.136. The first-order valence-corrected chi connectivity index (χ1v) is 9.94. The molecule has 0 fully saturated rings. The summed E-state index contributed by atoms with van der Waals surface area (Å²) in [5.41, 5.74) is -0.714. The van der Waals surface area contributed by atoms with Gasteiger partial charge in [-0.3, -0.25) is 14.7 Å². The van der Waals surface area contributed by atoms with Gasteiger partial charge in [0.15, 0.2) is 5.65 Å². The number of anilines is 1. The van der Waals surface area contributed by atoms with Crippen LogP contribution in [0, 0.1) is 0 Å². The number of alkyl halides is 3. The molecule has 6 nitrogen and oxygen atoms in total. The highest BCUT2D eigenvalue weighted by Crippen LogP contribution is 2.38. The van der Waals surface area contributed by atoms with Crippen LogP contribution in [0.25, 0.3) is 28.0 Å². The summed E-state index contributed by atoms with van der Waals surface area (Å²) >= 11 is 5.88. The predicted molar refractivity (Wildman–Crippen MR) is 116 cm³/mol. The molecule has 0 aliphatic rings. The fourth-order valence-electron chi connectivity index (χ4n) is 3.25. The molecule has 0 saturated carbocycles. The number of rotatable bonds is 4. The summed E-state index contributed by atoms with van der Waals surface area (Å²) in [4.78, 5) is 28.5. The number of aromatic nitrogens is 3. The highest BCUT2D eigenvalue weighted by molar-refractivity contribution is 6.30. The van der Waals surface area contributed by atoms with Crippen LogP contribution in [-0.4, -0.2) is 20.5 Å². The van der Waals surface area contributed by atoms with Crippen LogP contribution in [0.5, 0.6) is 0 Å². The summed E-state index contributed by atoms with van der Waals surface area (Å²) in [6.45, 7) is 1.72. The van der Waals surface area contributed by atoms with E-state index in [1.165, 1.54) is 24.3 Å². The van der Waals surface area contributed by atoms with Gasteiger partial charge in [0, 0.05) is 28.8 Å². The topological polar surface area (TPSA) is 79.3 Å². The monoisotopic (exact) mass is 460 g/mol. The second kappa shape index (κ2) is 8.16. The van der Waals surface area contributed by atoms with Gasteiger partial charge in [-0.25, -0.2) is 9.50 Å². The minimum atomic E-state index is -4.74. The first kappa shape index (κ1) is 21.6. The van der Waals surface area contributed by atoms with Crippen molar-refractivity contribution in [1.82, 2.24) is 14.6 Å². The molecule has 0 saturated heterocycles. The van der Waals surface area contributed by atoms with Crippen molar-refractivity contribution >= 4 is 28.8 Å². The molecule has 2 N–H and O–H groups in total. The molecule has 0 atom stereocenters. The van der Waals surface area contributed by atoms with Crippen molar-refractivity contribution in [3.05, 3.63) is 75.7 Å². The molecule has 0 aliphatic carbocycles. The minimum absolute atomic E-state index is 0.157. The van der Waals surface area contributed by atoms with E-state index in [-0.39, 0.29) is 28.4 Å². The zero-order valence-corrected chi connectivity index (χ0v) is 17.4. The van der Waals surface area contributed by atoms with Gasteiger partial charge in [-0.2, -0.15) is 13.2 Å². The number of carbonyl (C=O) groups is 1. The van der Waals surface area contributed by atoms with Gasteiger partial charge in [-0.15, -0.1) is 0 Å². The summed E-state index contributed by atoms with van der Waals surface area (Å²) in [7, 11) is 0. The summed E-state index contributed by atoms with van der Waals surface area (Å²) in [6.07, 6.45) is -4.42. The van der Waals surface area contributed by atoms with Crippen LogP contribution in [0.3, 0.4) is 0 Å². The molecular formula is C22H16ClF3N4O2. The summed E-state index contributed by atoms with van der Waals surface area (Å²) in [5.74, 6) is -0.157. The van der Waals surface area contributed by atoms with E-state index in [4.69, 9.17) is 11.6 Å². The molecule has 4 rings (SSSR count). The number of nitrogens with zero attached hydrogens (tertiary/aromatic N) is 2. The molecule has 10 heteroatoms. The lowest BCUT2D eigenvalue weighted by Crippen LogP contribution is -2.15. The number of H-pyrrole nitrogens is 1.